The molecule has 0 aromatic rings. The van der Waals surface area contributed by atoms with Crippen molar-refractivity contribution in [1.82, 2.24) is 0 Å². The Hall–Kier alpha value is 0.230. The van der Waals surface area contributed by atoms with Crippen molar-refractivity contribution in [3.05, 3.63) is 0 Å². The van der Waals surface area contributed by atoms with Gasteiger partial charge in [0.25, 0.3) is 0 Å². The molecule has 12 nitrogen and oxygen atoms in total. The molecule has 0 saturated heterocycles. The van der Waals surface area contributed by atoms with E-state index in [0.717, 1.165) is 0 Å². The van der Waals surface area contributed by atoms with Gasteiger partial charge in [-0.05, 0) is 0 Å². The van der Waals surface area contributed by atoms with Crippen LogP contribution in [0.2, 0.25) is 0 Å². The van der Waals surface area contributed by atoms with Gasteiger partial charge in [0, 0.05) is 22.4 Å². The van der Waals surface area contributed by atoms with Crippen molar-refractivity contribution in [3.63, 3.8) is 0 Å². The Morgan fingerprint density at radius 3 is 0.280 bits per heavy atom. The Labute approximate surface area is 153 Å². The number of hydrogen-bond donors (Lipinski definition) is 12. The van der Waals surface area contributed by atoms with Crippen molar-refractivity contribution in [2.45, 2.75) is 0 Å². The molecule has 0 bridgehead atoms. The molecular formula is H12AgB6F6O12. The molecule has 0 spiro atoms. The van der Waals surface area contributed by atoms with Gasteiger partial charge in [-0.25, -0.2) is 0 Å². The fraction of sp³-hybridized carbons (Fsp3) is 0. The zero-order valence-electron chi connectivity index (χ0n) is 11.4. The molecule has 25 heteroatoms. The van der Waals surface area contributed by atoms with Gasteiger partial charge in [0.2, 0.25) is 0 Å². The second-order valence-corrected chi connectivity index (χ2v) is 1.86. The number of rotatable bonds is 0. The van der Waals surface area contributed by atoms with Crippen LogP contribution in [0.3, 0.4) is 0 Å². The van der Waals surface area contributed by atoms with Crippen LogP contribution in [0.15, 0.2) is 0 Å². The first-order valence-corrected chi connectivity index (χ1v) is 4.41. The predicted octanol–water partition coefficient (Wildman–Crippen LogP) is -6.45. The molecule has 155 valence electrons. The molecule has 0 aliphatic carbocycles. The van der Waals surface area contributed by atoms with Gasteiger partial charge in [-0.1, -0.05) is 0 Å². The maximum atomic E-state index is 10.1. The van der Waals surface area contributed by atoms with Gasteiger partial charge >= 0.3 is 44.4 Å². The SMILES string of the molecule is OB(O)F.OB(O)F.OB(O)F.OB(O)F.OB(O)F.OB(O)F.[Ag]. The summed E-state index contributed by atoms with van der Waals surface area (Å²) in [5, 5.41) is 83.3. The molecule has 0 amide bonds. The van der Waals surface area contributed by atoms with E-state index in [-0.39, 0.29) is 22.4 Å². The summed E-state index contributed by atoms with van der Waals surface area (Å²) < 4.78 is 60.7. The van der Waals surface area contributed by atoms with Crippen LogP contribution in [0.25, 0.3) is 0 Å². The van der Waals surface area contributed by atoms with Crippen LogP contribution in [0.1, 0.15) is 0 Å². The topological polar surface area (TPSA) is 243 Å². The van der Waals surface area contributed by atoms with Crippen molar-refractivity contribution < 1.29 is 109 Å². The van der Waals surface area contributed by atoms with Gasteiger partial charge in [-0.15, -0.1) is 0 Å². The van der Waals surface area contributed by atoms with Gasteiger partial charge in [0.05, 0.1) is 0 Å². The number of halogens is 6. The van der Waals surface area contributed by atoms with Crippen LogP contribution >= 0.6 is 0 Å². The quantitative estimate of drug-likeness (QED) is 0.112. The number of hydrogen-bond acceptors (Lipinski definition) is 12. The largest absolute Gasteiger partial charge is 0.674 e. The van der Waals surface area contributed by atoms with Gasteiger partial charge < -0.3 is 60.3 Å². The van der Waals surface area contributed by atoms with Crippen LogP contribution in [0.5, 0.6) is 0 Å². The third-order valence-electron chi connectivity index (χ3n) is 0. The molecule has 0 unspecified atom stereocenters. The molecule has 25 heavy (non-hydrogen) atoms. The summed E-state index contributed by atoms with van der Waals surface area (Å²) in [5.74, 6) is 0. The summed E-state index contributed by atoms with van der Waals surface area (Å²) in [6, 6.07) is 0. The molecule has 0 aliphatic heterocycles. The first-order valence-electron chi connectivity index (χ1n) is 4.41. The zero-order valence-corrected chi connectivity index (χ0v) is 12.9. The molecule has 0 rings (SSSR count). The molecule has 0 atom stereocenters. The van der Waals surface area contributed by atoms with Gasteiger partial charge in [0.15, 0.2) is 0 Å². The van der Waals surface area contributed by atoms with Crippen molar-refractivity contribution in [2.24, 2.45) is 0 Å². The minimum absolute atomic E-state index is 0. The average molecular weight is 491 g/mol. The molecular weight excluding hydrogens is 479 g/mol. The second-order valence-electron chi connectivity index (χ2n) is 1.86. The summed E-state index contributed by atoms with van der Waals surface area (Å²) >= 11 is 0. The van der Waals surface area contributed by atoms with Crippen molar-refractivity contribution in [2.75, 3.05) is 0 Å². The molecule has 0 heterocycles. The van der Waals surface area contributed by atoms with Crippen LogP contribution in [-0.4, -0.2) is 105 Å². The van der Waals surface area contributed by atoms with E-state index in [1.165, 1.54) is 0 Å². The Morgan fingerprint density at radius 2 is 0.280 bits per heavy atom. The zero-order chi connectivity index (χ0) is 21.5. The average Bonchev–Trinajstić information content (AvgIpc) is 2.08. The molecule has 0 aromatic carbocycles. The fourth-order valence-electron chi connectivity index (χ4n) is 0. The molecule has 12 N–H and O–H groups in total. The third kappa shape index (κ3) is 227000. The normalized spacial score (nSPS) is 6.48. The maximum Gasteiger partial charge on any atom is 0.674 e. The fourth-order valence-corrected chi connectivity index (χ4v) is 0. The van der Waals surface area contributed by atoms with E-state index in [1.807, 2.05) is 0 Å². The predicted molar refractivity (Wildman–Crippen MR) is 67.8 cm³/mol. The molecule has 1 radical (unpaired) electrons. The summed E-state index contributed by atoms with van der Waals surface area (Å²) in [6.45, 7) is 0. The van der Waals surface area contributed by atoms with Crippen molar-refractivity contribution >= 4 is 44.4 Å². The molecule has 0 aliphatic rings. The van der Waals surface area contributed by atoms with E-state index in [4.69, 9.17) is 60.3 Å². The smallest absolute Gasteiger partial charge is 0.398 e. The first kappa shape index (κ1) is 44.6. The maximum absolute atomic E-state index is 10.1. The van der Waals surface area contributed by atoms with E-state index in [2.05, 4.69) is 0 Å². The standard InChI is InChI=1S/Ag.6BFH2O2/c;6*2-1(3)4/h;6*3-4H. The molecule has 0 saturated carbocycles. The molecule has 0 fully saturated rings. The third-order valence-corrected chi connectivity index (χ3v) is 0. The summed E-state index contributed by atoms with van der Waals surface area (Å²) in [5.41, 5.74) is 0. The van der Waals surface area contributed by atoms with Gasteiger partial charge in [-0.2, -0.15) is 0 Å². The monoisotopic (exact) mass is 491 g/mol. The van der Waals surface area contributed by atoms with Crippen LogP contribution in [-0.2, 0) is 22.4 Å². The van der Waals surface area contributed by atoms with Gasteiger partial charge in [0.1, 0.15) is 0 Å². The van der Waals surface area contributed by atoms with Crippen LogP contribution in [0, 0.1) is 0 Å². The van der Waals surface area contributed by atoms with Crippen molar-refractivity contribution in [3.8, 4) is 0 Å². The Morgan fingerprint density at radius 1 is 0.280 bits per heavy atom. The minimum Gasteiger partial charge on any atom is -0.398 e. The minimum atomic E-state index is -2.67. The Bertz CT molecular complexity index is 117. The molecule has 0 aromatic heterocycles. The van der Waals surface area contributed by atoms with Crippen LogP contribution < -0.4 is 0 Å². The van der Waals surface area contributed by atoms with E-state index in [0.29, 0.717) is 0 Å². The van der Waals surface area contributed by atoms with Gasteiger partial charge in [-0.3, -0.25) is 25.9 Å². The first-order chi connectivity index (χ1) is 10.4. The van der Waals surface area contributed by atoms with E-state index < -0.39 is 44.4 Å². The summed E-state index contributed by atoms with van der Waals surface area (Å²) in [7, 11) is -16.0. The Kier molecular flexibility index (Phi) is 70.1. The van der Waals surface area contributed by atoms with E-state index in [9.17, 15) is 25.9 Å². The van der Waals surface area contributed by atoms with E-state index >= 15 is 0 Å². The van der Waals surface area contributed by atoms with Crippen LogP contribution in [0.4, 0.5) is 25.9 Å². The van der Waals surface area contributed by atoms with E-state index in [1.54, 1.807) is 0 Å². The second kappa shape index (κ2) is 39.3. The summed E-state index contributed by atoms with van der Waals surface area (Å²) in [4.78, 5) is 0. The Balaban J connectivity index is -0.0000000309. The van der Waals surface area contributed by atoms with Crippen molar-refractivity contribution in [1.29, 1.82) is 0 Å². The summed E-state index contributed by atoms with van der Waals surface area (Å²) in [6.07, 6.45) is 0.